The number of nitrogens with one attached hydrogen (secondary N) is 1. The Kier molecular flexibility index (Phi) is 6.76. The lowest BCUT2D eigenvalue weighted by Gasteiger charge is -2.31. The van der Waals surface area contributed by atoms with Gasteiger partial charge in [0.15, 0.2) is 11.5 Å². The van der Waals surface area contributed by atoms with Gasteiger partial charge < -0.3 is 19.7 Å². The molecule has 2 rings (SSSR count). The van der Waals surface area contributed by atoms with Crippen molar-refractivity contribution in [3.63, 3.8) is 0 Å². The average molecular weight is 334 g/mol. The highest BCUT2D eigenvalue weighted by molar-refractivity contribution is 5.74. The van der Waals surface area contributed by atoms with E-state index in [1.165, 1.54) is 19.3 Å². The number of rotatable bonds is 6. The van der Waals surface area contributed by atoms with Crippen LogP contribution >= 0.6 is 0 Å². The topological polar surface area (TPSA) is 50.8 Å². The lowest BCUT2D eigenvalue weighted by molar-refractivity contribution is 0.192. The number of likely N-dealkylation sites (N-methyl/N-ethyl adjacent to an activating group) is 1. The molecular weight excluding hydrogens is 304 g/mol. The van der Waals surface area contributed by atoms with Crippen LogP contribution in [0.2, 0.25) is 0 Å². The number of benzene rings is 1. The van der Waals surface area contributed by atoms with Gasteiger partial charge >= 0.3 is 6.03 Å². The highest BCUT2D eigenvalue weighted by Gasteiger charge is 2.23. The number of urea groups is 1. The lowest BCUT2D eigenvalue weighted by atomic mass is 9.86. The number of amides is 2. The molecule has 1 aliphatic rings. The first-order chi connectivity index (χ1) is 11.5. The van der Waals surface area contributed by atoms with Crippen molar-refractivity contribution in [1.29, 1.82) is 0 Å². The van der Waals surface area contributed by atoms with E-state index in [4.69, 9.17) is 9.47 Å². The smallest absolute Gasteiger partial charge is 0.317 e. The van der Waals surface area contributed by atoms with Crippen molar-refractivity contribution in [3.05, 3.63) is 23.8 Å². The molecule has 1 N–H and O–H groups in total. The summed E-state index contributed by atoms with van der Waals surface area (Å²) in [5.74, 6) is 2.01. The molecule has 5 nitrogen and oxygen atoms in total. The highest BCUT2D eigenvalue weighted by atomic mass is 16.5. The molecule has 0 saturated heterocycles. The summed E-state index contributed by atoms with van der Waals surface area (Å²) in [4.78, 5) is 14.1. The maximum Gasteiger partial charge on any atom is 0.317 e. The van der Waals surface area contributed by atoms with Crippen molar-refractivity contribution in [1.82, 2.24) is 10.2 Å². The molecule has 1 aliphatic carbocycles. The van der Waals surface area contributed by atoms with Crippen LogP contribution in [0.1, 0.15) is 38.2 Å². The number of carbonyl (C=O) groups is 1. The van der Waals surface area contributed by atoms with Crippen LogP contribution in [0, 0.1) is 5.92 Å². The van der Waals surface area contributed by atoms with Crippen molar-refractivity contribution < 1.29 is 14.3 Å². The minimum absolute atomic E-state index is 0.0224. The van der Waals surface area contributed by atoms with E-state index < -0.39 is 0 Å². The van der Waals surface area contributed by atoms with E-state index in [0.717, 1.165) is 29.9 Å². The van der Waals surface area contributed by atoms with E-state index >= 15 is 0 Å². The Morgan fingerprint density at radius 3 is 2.58 bits per heavy atom. The fourth-order valence-electron chi connectivity index (χ4n) is 3.23. The Morgan fingerprint density at radius 1 is 1.21 bits per heavy atom. The molecule has 2 amide bonds. The van der Waals surface area contributed by atoms with E-state index in [0.29, 0.717) is 18.5 Å². The molecule has 0 bridgehead atoms. The molecule has 0 aliphatic heterocycles. The summed E-state index contributed by atoms with van der Waals surface area (Å²) in [5.41, 5.74) is 1.12. The Morgan fingerprint density at radius 2 is 1.92 bits per heavy atom. The van der Waals surface area contributed by atoms with Crippen molar-refractivity contribution in [2.24, 2.45) is 5.92 Å². The van der Waals surface area contributed by atoms with Crippen molar-refractivity contribution in [2.75, 3.05) is 27.8 Å². The van der Waals surface area contributed by atoms with E-state index in [2.05, 4.69) is 12.2 Å². The fourth-order valence-corrected chi connectivity index (χ4v) is 3.23. The molecular formula is C19H30N2O3. The maximum atomic E-state index is 12.4. The van der Waals surface area contributed by atoms with Gasteiger partial charge in [0.2, 0.25) is 0 Å². The number of carbonyl (C=O) groups excluding carboxylic acids is 1. The SMILES string of the molecule is COc1ccc(CCN(C)C(=O)N[C@@H]2CCCC[C@H]2C)cc1OC. The second-order valence-electron chi connectivity index (χ2n) is 6.68. The van der Waals surface area contributed by atoms with Gasteiger partial charge in [0.05, 0.1) is 14.2 Å². The van der Waals surface area contributed by atoms with Gasteiger partial charge in [-0.25, -0.2) is 4.79 Å². The van der Waals surface area contributed by atoms with E-state index in [-0.39, 0.29) is 6.03 Å². The van der Waals surface area contributed by atoms with Gasteiger partial charge in [0.25, 0.3) is 0 Å². The number of hydrogen-bond acceptors (Lipinski definition) is 3. The average Bonchev–Trinajstić information content (AvgIpc) is 2.61. The summed E-state index contributed by atoms with van der Waals surface area (Å²) in [6.45, 7) is 2.90. The largest absolute Gasteiger partial charge is 0.493 e. The third-order valence-electron chi connectivity index (χ3n) is 4.95. The van der Waals surface area contributed by atoms with Crippen LogP contribution in [0.5, 0.6) is 11.5 Å². The molecule has 1 fully saturated rings. The Hall–Kier alpha value is -1.91. The molecule has 1 aromatic rings. The summed E-state index contributed by atoms with van der Waals surface area (Å²) in [5, 5.41) is 3.19. The van der Waals surface area contributed by atoms with Crippen LogP contribution in [0.4, 0.5) is 4.79 Å². The van der Waals surface area contributed by atoms with Gasteiger partial charge in [-0.05, 0) is 42.9 Å². The predicted molar refractivity (Wildman–Crippen MR) is 95.8 cm³/mol. The summed E-state index contributed by atoms with van der Waals surface area (Å²) < 4.78 is 10.6. The molecule has 24 heavy (non-hydrogen) atoms. The summed E-state index contributed by atoms with van der Waals surface area (Å²) in [7, 11) is 5.11. The first kappa shape index (κ1) is 18.4. The van der Waals surface area contributed by atoms with Gasteiger partial charge in [-0.15, -0.1) is 0 Å². The molecule has 2 atom stereocenters. The monoisotopic (exact) mass is 334 g/mol. The van der Waals surface area contributed by atoms with Crippen LogP contribution in [0.25, 0.3) is 0 Å². The molecule has 0 spiro atoms. The van der Waals surface area contributed by atoms with Crippen LogP contribution < -0.4 is 14.8 Å². The van der Waals surface area contributed by atoms with E-state index in [1.54, 1.807) is 19.1 Å². The Balaban J connectivity index is 1.85. The van der Waals surface area contributed by atoms with Crippen LogP contribution in [-0.2, 0) is 6.42 Å². The van der Waals surface area contributed by atoms with Gasteiger partial charge in [-0.1, -0.05) is 25.8 Å². The van der Waals surface area contributed by atoms with Crippen molar-refractivity contribution >= 4 is 6.03 Å². The molecule has 1 aromatic carbocycles. The number of methoxy groups -OCH3 is 2. The standard InChI is InChI=1S/C19H30N2O3/c1-14-7-5-6-8-16(14)20-19(22)21(2)12-11-15-9-10-17(23-3)18(13-15)24-4/h9-10,13-14,16H,5-8,11-12H2,1-4H3,(H,20,22)/t14-,16-/m1/s1. The zero-order valence-electron chi connectivity index (χ0n) is 15.3. The first-order valence-corrected chi connectivity index (χ1v) is 8.77. The number of ether oxygens (including phenoxy) is 2. The summed E-state index contributed by atoms with van der Waals surface area (Å²) in [6, 6.07) is 6.21. The minimum Gasteiger partial charge on any atom is -0.493 e. The first-order valence-electron chi connectivity index (χ1n) is 8.77. The van der Waals surface area contributed by atoms with Crippen LogP contribution in [0.3, 0.4) is 0 Å². The maximum absolute atomic E-state index is 12.4. The third kappa shape index (κ3) is 4.79. The van der Waals surface area contributed by atoms with Crippen molar-refractivity contribution in [3.8, 4) is 11.5 Å². The molecule has 0 heterocycles. The summed E-state index contributed by atoms with van der Waals surface area (Å²) >= 11 is 0. The lowest BCUT2D eigenvalue weighted by Crippen LogP contribution is -2.47. The zero-order chi connectivity index (χ0) is 17.5. The van der Waals surface area contributed by atoms with Gasteiger partial charge in [0, 0.05) is 19.6 Å². The second-order valence-corrected chi connectivity index (χ2v) is 6.68. The van der Waals surface area contributed by atoms with Gasteiger partial charge in [-0.3, -0.25) is 0 Å². The number of hydrogen-bond donors (Lipinski definition) is 1. The van der Waals surface area contributed by atoms with Gasteiger partial charge in [-0.2, -0.15) is 0 Å². The predicted octanol–water partition coefficient (Wildman–Crippen LogP) is 3.47. The fraction of sp³-hybridized carbons (Fsp3) is 0.632. The zero-order valence-corrected chi connectivity index (χ0v) is 15.3. The molecule has 1 saturated carbocycles. The van der Waals surface area contributed by atoms with Crippen LogP contribution in [-0.4, -0.2) is 44.8 Å². The Bertz CT molecular complexity index is 547. The third-order valence-corrected chi connectivity index (χ3v) is 4.95. The van der Waals surface area contributed by atoms with Crippen LogP contribution in [0.15, 0.2) is 18.2 Å². The molecule has 5 heteroatoms. The second kappa shape index (κ2) is 8.81. The normalized spacial score (nSPS) is 20.3. The Labute approximate surface area is 145 Å². The molecule has 134 valence electrons. The molecule has 0 unspecified atom stereocenters. The summed E-state index contributed by atoms with van der Waals surface area (Å²) in [6.07, 6.45) is 5.58. The molecule has 0 radical (unpaired) electrons. The van der Waals surface area contributed by atoms with E-state index in [9.17, 15) is 4.79 Å². The molecule has 0 aromatic heterocycles. The van der Waals surface area contributed by atoms with Crippen molar-refractivity contribution in [2.45, 2.75) is 45.1 Å². The quantitative estimate of drug-likeness (QED) is 0.867. The number of nitrogens with zero attached hydrogens (tertiary/aromatic N) is 1. The minimum atomic E-state index is 0.0224. The highest BCUT2D eigenvalue weighted by Crippen LogP contribution is 2.28. The van der Waals surface area contributed by atoms with E-state index in [1.807, 2.05) is 25.2 Å². The van der Waals surface area contributed by atoms with Gasteiger partial charge in [0.1, 0.15) is 0 Å².